The van der Waals surface area contributed by atoms with E-state index in [1.54, 1.807) is 0 Å². The SMILES string of the molecule is CS(=O)(=O)CS(=O)(=O)Nc1ccccc1O. The highest BCUT2D eigenvalue weighted by molar-refractivity contribution is 8.08. The first-order valence-electron chi connectivity index (χ1n) is 4.16. The van der Waals surface area contributed by atoms with Crippen LogP contribution in [0.4, 0.5) is 5.69 Å². The summed E-state index contributed by atoms with van der Waals surface area (Å²) >= 11 is 0. The zero-order chi connectivity index (χ0) is 12.4. The molecular formula is C8H11NO5S2. The van der Waals surface area contributed by atoms with Gasteiger partial charge in [-0.1, -0.05) is 12.1 Å². The Morgan fingerprint density at radius 1 is 1.19 bits per heavy atom. The van der Waals surface area contributed by atoms with Crippen LogP contribution in [0.3, 0.4) is 0 Å². The number of aromatic hydroxyl groups is 1. The second-order valence-electron chi connectivity index (χ2n) is 3.28. The number of benzene rings is 1. The van der Waals surface area contributed by atoms with Gasteiger partial charge in [0.15, 0.2) is 14.9 Å². The van der Waals surface area contributed by atoms with Gasteiger partial charge in [-0.15, -0.1) is 0 Å². The second-order valence-corrected chi connectivity index (χ2v) is 7.51. The highest BCUT2D eigenvalue weighted by Gasteiger charge is 2.18. The Hall–Kier alpha value is -1.28. The molecule has 8 heteroatoms. The van der Waals surface area contributed by atoms with Crippen LogP contribution in [0.25, 0.3) is 0 Å². The van der Waals surface area contributed by atoms with E-state index in [4.69, 9.17) is 0 Å². The summed E-state index contributed by atoms with van der Waals surface area (Å²) in [5.74, 6) is -0.264. The summed E-state index contributed by atoms with van der Waals surface area (Å²) in [5, 5.41) is 8.28. The van der Waals surface area contributed by atoms with Crippen LogP contribution in [0.5, 0.6) is 5.75 Å². The standard InChI is InChI=1S/C8H11NO5S2/c1-15(11,12)6-16(13,14)9-7-4-2-3-5-8(7)10/h2-5,9-10H,6H2,1H3. The number of sulfone groups is 1. The lowest BCUT2D eigenvalue weighted by molar-refractivity contribution is 0.477. The molecule has 0 aromatic heterocycles. The quantitative estimate of drug-likeness (QED) is 0.754. The number of nitrogens with one attached hydrogen (secondary N) is 1. The normalized spacial score (nSPS) is 12.3. The second kappa shape index (κ2) is 4.30. The lowest BCUT2D eigenvalue weighted by Crippen LogP contribution is -2.22. The van der Waals surface area contributed by atoms with E-state index in [2.05, 4.69) is 0 Å². The predicted molar refractivity (Wildman–Crippen MR) is 60.4 cm³/mol. The first kappa shape index (κ1) is 12.8. The van der Waals surface area contributed by atoms with Gasteiger partial charge in [0.25, 0.3) is 0 Å². The van der Waals surface area contributed by atoms with Crippen molar-refractivity contribution < 1.29 is 21.9 Å². The van der Waals surface area contributed by atoms with E-state index in [0.29, 0.717) is 0 Å². The molecule has 0 fully saturated rings. The summed E-state index contributed by atoms with van der Waals surface area (Å²) < 4.78 is 46.4. The van der Waals surface area contributed by atoms with Gasteiger partial charge in [-0.05, 0) is 12.1 Å². The average Bonchev–Trinajstić information content (AvgIpc) is 2.04. The Labute approximate surface area is 93.9 Å². The number of rotatable bonds is 4. The number of para-hydroxylation sites is 2. The van der Waals surface area contributed by atoms with Crippen LogP contribution in [-0.2, 0) is 19.9 Å². The molecule has 1 aromatic rings. The van der Waals surface area contributed by atoms with E-state index in [-0.39, 0.29) is 11.4 Å². The molecule has 1 rings (SSSR count). The van der Waals surface area contributed by atoms with Gasteiger partial charge in [-0.25, -0.2) is 16.8 Å². The maximum absolute atomic E-state index is 11.4. The highest BCUT2D eigenvalue weighted by atomic mass is 32.3. The van der Waals surface area contributed by atoms with E-state index >= 15 is 0 Å². The van der Waals surface area contributed by atoms with Crippen LogP contribution in [0.1, 0.15) is 0 Å². The smallest absolute Gasteiger partial charge is 0.247 e. The van der Waals surface area contributed by atoms with Gasteiger partial charge in [0, 0.05) is 6.26 Å². The van der Waals surface area contributed by atoms with Crippen molar-refractivity contribution in [3.63, 3.8) is 0 Å². The zero-order valence-corrected chi connectivity index (χ0v) is 10.0. The van der Waals surface area contributed by atoms with E-state index in [9.17, 15) is 21.9 Å². The maximum Gasteiger partial charge on any atom is 0.247 e. The van der Waals surface area contributed by atoms with Gasteiger partial charge in [0.05, 0.1) is 5.69 Å². The van der Waals surface area contributed by atoms with Gasteiger partial charge < -0.3 is 5.11 Å². The summed E-state index contributed by atoms with van der Waals surface area (Å²) in [4.78, 5) is 0. The fourth-order valence-corrected chi connectivity index (χ4v) is 4.04. The number of phenolic OH excluding ortho intramolecular Hbond substituents is 1. The maximum atomic E-state index is 11.4. The third kappa shape index (κ3) is 4.07. The summed E-state index contributed by atoms with van der Waals surface area (Å²) in [7, 11) is -7.66. The molecule has 2 N–H and O–H groups in total. The number of anilines is 1. The molecule has 0 saturated heterocycles. The van der Waals surface area contributed by atoms with Crippen molar-refractivity contribution in [1.82, 2.24) is 0 Å². The molecule has 0 bridgehead atoms. The highest BCUT2D eigenvalue weighted by Crippen LogP contribution is 2.22. The van der Waals surface area contributed by atoms with Crippen LogP contribution in [-0.4, -0.2) is 33.3 Å². The molecule has 0 unspecified atom stereocenters. The largest absolute Gasteiger partial charge is 0.506 e. The molecule has 0 radical (unpaired) electrons. The van der Waals surface area contributed by atoms with E-state index in [0.717, 1.165) is 6.26 Å². The fourth-order valence-electron chi connectivity index (χ4n) is 1.04. The molecule has 6 nitrogen and oxygen atoms in total. The number of hydrogen-bond donors (Lipinski definition) is 2. The summed E-state index contributed by atoms with van der Waals surface area (Å²) in [6.07, 6.45) is 0.817. The molecule has 90 valence electrons. The van der Waals surface area contributed by atoms with Crippen LogP contribution in [0.2, 0.25) is 0 Å². The molecule has 0 spiro atoms. The van der Waals surface area contributed by atoms with Crippen LogP contribution in [0, 0.1) is 0 Å². The number of phenols is 1. The van der Waals surface area contributed by atoms with Crippen molar-refractivity contribution in [3.05, 3.63) is 24.3 Å². The Morgan fingerprint density at radius 3 is 2.25 bits per heavy atom. The Kier molecular flexibility index (Phi) is 3.44. The van der Waals surface area contributed by atoms with Gasteiger partial charge in [0.2, 0.25) is 10.0 Å². The Balaban J connectivity index is 2.95. The van der Waals surface area contributed by atoms with Crippen molar-refractivity contribution in [2.24, 2.45) is 0 Å². The third-order valence-corrected chi connectivity index (χ3v) is 5.02. The molecule has 0 amide bonds. The van der Waals surface area contributed by atoms with Crippen LogP contribution in [0.15, 0.2) is 24.3 Å². The van der Waals surface area contributed by atoms with Crippen LogP contribution >= 0.6 is 0 Å². The van der Waals surface area contributed by atoms with E-state index in [1.165, 1.54) is 24.3 Å². The third-order valence-electron chi connectivity index (χ3n) is 1.54. The lowest BCUT2D eigenvalue weighted by atomic mass is 10.3. The number of hydrogen-bond acceptors (Lipinski definition) is 5. The van der Waals surface area contributed by atoms with Crippen molar-refractivity contribution >= 4 is 25.5 Å². The summed E-state index contributed by atoms with van der Waals surface area (Å²) in [6.45, 7) is 0. The molecule has 16 heavy (non-hydrogen) atoms. The van der Waals surface area contributed by atoms with Crippen molar-refractivity contribution in [1.29, 1.82) is 0 Å². The minimum atomic E-state index is -4.01. The molecule has 0 aliphatic heterocycles. The van der Waals surface area contributed by atoms with Crippen molar-refractivity contribution in [2.45, 2.75) is 0 Å². The molecular weight excluding hydrogens is 254 g/mol. The van der Waals surface area contributed by atoms with Gasteiger partial charge in [-0.2, -0.15) is 0 Å². The molecule has 0 heterocycles. The predicted octanol–water partition coefficient (Wildman–Crippen LogP) is 0.136. The Morgan fingerprint density at radius 2 is 1.75 bits per heavy atom. The topological polar surface area (TPSA) is 101 Å². The molecule has 1 aromatic carbocycles. The van der Waals surface area contributed by atoms with Crippen LogP contribution < -0.4 is 4.72 Å². The number of sulfonamides is 1. The van der Waals surface area contributed by atoms with Gasteiger partial charge in [-0.3, -0.25) is 4.72 Å². The van der Waals surface area contributed by atoms with E-state index < -0.39 is 24.9 Å². The monoisotopic (exact) mass is 265 g/mol. The van der Waals surface area contributed by atoms with Gasteiger partial charge >= 0.3 is 0 Å². The zero-order valence-electron chi connectivity index (χ0n) is 8.41. The Bertz CT molecular complexity index is 576. The molecule has 0 atom stereocenters. The summed E-state index contributed by atoms with van der Waals surface area (Å²) in [6, 6.07) is 5.65. The first-order valence-corrected chi connectivity index (χ1v) is 7.87. The first-order chi connectivity index (χ1) is 7.20. The minimum absolute atomic E-state index is 0.0499. The van der Waals surface area contributed by atoms with Crippen molar-refractivity contribution in [3.8, 4) is 5.75 Å². The average molecular weight is 265 g/mol. The molecule has 0 saturated carbocycles. The fraction of sp³-hybridized carbons (Fsp3) is 0.250. The van der Waals surface area contributed by atoms with E-state index in [1.807, 2.05) is 4.72 Å². The lowest BCUT2D eigenvalue weighted by Gasteiger charge is -2.08. The molecule has 0 aliphatic carbocycles. The van der Waals surface area contributed by atoms with Gasteiger partial charge in [0.1, 0.15) is 5.75 Å². The summed E-state index contributed by atoms with van der Waals surface area (Å²) in [5.41, 5.74) is -0.0499. The minimum Gasteiger partial charge on any atom is -0.506 e. The molecule has 0 aliphatic rings. The van der Waals surface area contributed by atoms with Crippen molar-refractivity contribution in [2.75, 3.05) is 16.1 Å².